The summed E-state index contributed by atoms with van der Waals surface area (Å²) in [7, 11) is 1.82. The summed E-state index contributed by atoms with van der Waals surface area (Å²) in [5.74, 6) is 0.0264. The van der Waals surface area contributed by atoms with Gasteiger partial charge in [-0.05, 0) is 29.7 Å². The van der Waals surface area contributed by atoms with Gasteiger partial charge in [0.25, 0.3) is 5.91 Å². The van der Waals surface area contributed by atoms with E-state index in [0.717, 1.165) is 24.1 Å². The zero-order valence-corrected chi connectivity index (χ0v) is 14.7. The third-order valence-corrected chi connectivity index (χ3v) is 4.25. The molecule has 0 aliphatic carbocycles. The van der Waals surface area contributed by atoms with Crippen molar-refractivity contribution in [2.45, 2.75) is 26.4 Å². The fourth-order valence-corrected chi connectivity index (χ4v) is 2.79. The lowest BCUT2D eigenvalue weighted by Crippen LogP contribution is -2.26. The number of carbonyl (C=O) groups excluding carboxylic acids is 1. The molecule has 2 aromatic carbocycles. The van der Waals surface area contributed by atoms with Crippen LogP contribution < -0.4 is 0 Å². The van der Waals surface area contributed by atoms with Crippen LogP contribution in [0.25, 0.3) is 0 Å². The van der Waals surface area contributed by atoms with Crippen molar-refractivity contribution in [2.75, 3.05) is 7.05 Å². The molecule has 0 aliphatic heterocycles. The molecule has 0 radical (unpaired) electrons. The largest absolute Gasteiger partial charge is 0.337 e. The number of nitrogens with zero attached hydrogens (tertiary/aromatic N) is 3. The lowest BCUT2D eigenvalue weighted by molar-refractivity contribution is 0.0785. The topological polar surface area (TPSA) is 38.1 Å². The Morgan fingerprint density at radius 2 is 1.72 bits per heavy atom. The molecule has 0 N–H and O–H groups in total. The molecule has 1 heterocycles. The van der Waals surface area contributed by atoms with Gasteiger partial charge in [-0.3, -0.25) is 9.48 Å². The molecule has 0 bridgehead atoms. The summed E-state index contributed by atoms with van der Waals surface area (Å²) in [6.45, 7) is 3.39. The Bertz CT molecular complexity index is 822. The minimum atomic E-state index is 0.0264. The van der Waals surface area contributed by atoms with E-state index in [1.54, 1.807) is 4.90 Å². The van der Waals surface area contributed by atoms with Crippen LogP contribution in [0.3, 0.4) is 0 Å². The second-order valence-corrected chi connectivity index (χ2v) is 6.24. The van der Waals surface area contributed by atoms with Gasteiger partial charge >= 0.3 is 0 Å². The van der Waals surface area contributed by atoms with Gasteiger partial charge in [-0.15, -0.1) is 0 Å². The number of aryl methyl sites for hydroxylation is 1. The molecule has 25 heavy (non-hydrogen) atoms. The van der Waals surface area contributed by atoms with Crippen LogP contribution in [0.4, 0.5) is 0 Å². The third-order valence-electron chi connectivity index (χ3n) is 4.25. The molecule has 1 amide bonds. The number of hydrogen-bond donors (Lipinski definition) is 0. The van der Waals surface area contributed by atoms with Crippen molar-refractivity contribution in [2.24, 2.45) is 0 Å². The average molecular weight is 333 g/mol. The van der Waals surface area contributed by atoms with Gasteiger partial charge < -0.3 is 4.90 Å². The van der Waals surface area contributed by atoms with Crippen molar-refractivity contribution in [3.63, 3.8) is 0 Å². The van der Waals surface area contributed by atoms with Crippen LogP contribution in [-0.4, -0.2) is 27.6 Å². The monoisotopic (exact) mass is 333 g/mol. The highest BCUT2D eigenvalue weighted by Crippen LogP contribution is 2.11. The third kappa shape index (κ3) is 4.35. The van der Waals surface area contributed by atoms with Gasteiger partial charge in [0.05, 0.1) is 12.7 Å². The molecule has 0 unspecified atom stereocenters. The molecule has 1 aromatic heterocycles. The normalized spacial score (nSPS) is 10.6. The zero-order valence-electron chi connectivity index (χ0n) is 14.7. The summed E-state index contributed by atoms with van der Waals surface area (Å²) in [5, 5.41) is 4.40. The summed E-state index contributed by atoms with van der Waals surface area (Å²) in [5.41, 5.74) is 4.19. The number of rotatable bonds is 6. The molecule has 3 aromatic rings. The molecule has 0 aliphatic rings. The number of aromatic nitrogens is 2. The van der Waals surface area contributed by atoms with Gasteiger partial charge in [0, 0.05) is 30.9 Å². The maximum atomic E-state index is 12.5. The predicted octanol–water partition coefficient (Wildman–Crippen LogP) is 3.77. The first kappa shape index (κ1) is 17.0. The van der Waals surface area contributed by atoms with Crippen molar-refractivity contribution < 1.29 is 4.79 Å². The van der Waals surface area contributed by atoms with E-state index in [2.05, 4.69) is 24.2 Å². The van der Waals surface area contributed by atoms with Crippen LogP contribution in [-0.2, 0) is 19.5 Å². The molecule has 3 rings (SSSR count). The van der Waals surface area contributed by atoms with E-state index < -0.39 is 0 Å². The molecule has 0 saturated heterocycles. The Morgan fingerprint density at radius 3 is 2.40 bits per heavy atom. The highest BCUT2D eigenvalue weighted by atomic mass is 16.2. The molecular formula is C21H23N3O. The van der Waals surface area contributed by atoms with Crippen molar-refractivity contribution in [1.82, 2.24) is 14.7 Å². The lowest BCUT2D eigenvalue weighted by Gasteiger charge is -2.16. The van der Waals surface area contributed by atoms with Gasteiger partial charge in [-0.2, -0.15) is 5.10 Å². The minimum absolute atomic E-state index is 0.0264. The Hall–Kier alpha value is -2.88. The quantitative estimate of drug-likeness (QED) is 0.689. The van der Waals surface area contributed by atoms with Crippen LogP contribution in [0.15, 0.2) is 67.0 Å². The summed E-state index contributed by atoms with van der Waals surface area (Å²) >= 11 is 0. The number of benzene rings is 2. The molecule has 0 fully saturated rings. The minimum Gasteiger partial charge on any atom is -0.337 e. The van der Waals surface area contributed by atoms with E-state index >= 15 is 0 Å². The van der Waals surface area contributed by atoms with Crippen molar-refractivity contribution >= 4 is 5.91 Å². The number of amides is 1. The van der Waals surface area contributed by atoms with Crippen LogP contribution in [0, 0.1) is 0 Å². The molecular weight excluding hydrogens is 310 g/mol. The molecule has 4 nitrogen and oxygen atoms in total. The number of hydrogen-bond acceptors (Lipinski definition) is 2. The first-order chi connectivity index (χ1) is 12.2. The first-order valence-corrected chi connectivity index (χ1v) is 8.55. The Labute approximate surface area is 148 Å². The summed E-state index contributed by atoms with van der Waals surface area (Å²) < 4.78 is 1.90. The Morgan fingerprint density at radius 1 is 1.00 bits per heavy atom. The van der Waals surface area contributed by atoms with Crippen molar-refractivity contribution in [3.05, 3.63) is 89.2 Å². The SMILES string of the molecule is CCc1ccc(C(=O)N(C)Cc2cnn(Cc3ccccc3)c2)cc1. The lowest BCUT2D eigenvalue weighted by atomic mass is 10.1. The van der Waals surface area contributed by atoms with Crippen molar-refractivity contribution in [3.8, 4) is 0 Å². The van der Waals surface area contributed by atoms with E-state index in [1.807, 2.05) is 66.6 Å². The smallest absolute Gasteiger partial charge is 0.253 e. The maximum Gasteiger partial charge on any atom is 0.253 e. The summed E-state index contributed by atoms with van der Waals surface area (Å²) in [4.78, 5) is 14.3. The van der Waals surface area contributed by atoms with E-state index in [-0.39, 0.29) is 5.91 Å². The second kappa shape index (κ2) is 7.79. The average Bonchev–Trinajstić information content (AvgIpc) is 3.08. The van der Waals surface area contributed by atoms with Crippen molar-refractivity contribution in [1.29, 1.82) is 0 Å². The van der Waals surface area contributed by atoms with E-state index in [4.69, 9.17) is 0 Å². The molecule has 0 atom stereocenters. The van der Waals surface area contributed by atoms with Crippen LogP contribution in [0.2, 0.25) is 0 Å². The zero-order chi connectivity index (χ0) is 17.6. The van der Waals surface area contributed by atoms with E-state index in [1.165, 1.54) is 11.1 Å². The first-order valence-electron chi connectivity index (χ1n) is 8.55. The van der Waals surface area contributed by atoms with Gasteiger partial charge in [-0.1, -0.05) is 49.4 Å². The fraction of sp³-hybridized carbons (Fsp3) is 0.238. The Balaban J connectivity index is 1.62. The van der Waals surface area contributed by atoms with Gasteiger partial charge in [0.1, 0.15) is 0 Å². The summed E-state index contributed by atoms with van der Waals surface area (Å²) in [6.07, 6.45) is 4.80. The van der Waals surface area contributed by atoms with E-state index in [0.29, 0.717) is 6.54 Å². The Kier molecular flexibility index (Phi) is 5.29. The maximum absolute atomic E-state index is 12.5. The highest BCUT2D eigenvalue weighted by molar-refractivity contribution is 5.94. The van der Waals surface area contributed by atoms with Crippen LogP contribution in [0.5, 0.6) is 0 Å². The van der Waals surface area contributed by atoms with Crippen LogP contribution >= 0.6 is 0 Å². The molecule has 0 spiro atoms. The molecule has 128 valence electrons. The standard InChI is InChI=1S/C21H23N3O/c1-3-17-9-11-20(12-10-17)21(25)23(2)14-19-13-22-24(16-19)15-18-7-5-4-6-8-18/h4-13,16H,3,14-15H2,1-2H3. The highest BCUT2D eigenvalue weighted by Gasteiger charge is 2.13. The van der Waals surface area contributed by atoms with Gasteiger partial charge in [0.15, 0.2) is 0 Å². The summed E-state index contributed by atoms with van der Waals surface area (Å²) in [6, 6.07) is 18.0. The molecule has 0 saturated carbocycles. The van der Waals surface area contributed by atoms with Gasteiger partial charge in [-0.25, -0.2) is 0 Å². The molecule has 4 heteroatoms. The van der Waals surface area contributed by atoms with Gasteiger partial charge in [0.2, 0.25) is 0 Å². The second-order valence-electron chi connectivity index (χ2n) is 6.24. The number of carbonyl (C=O) groups is 1. The van der Waals surface area contributed by atoms with E-state index in [9.17, 15) is 4.79 Å². The fourth-order valence-electron chi connectivity index (χ4n) is 2.79. The van der Waals surface area contributed by atoms with Crippen LogP contribution in [0.1, 0.15) is 34.0 Å². The predicted molar refractivity (Wildman–Crippen MR) is 99.4 cm³/mol.